The molecule has 5 heteroatoms. The lowest BCUT2D eigenvalue weighted by Gasteiger charge is -2.02. The molecule has 0 amide bonds. The van der Waals surface area contributed by atoms with Crippen molar-refractivity contribution < 1.29 is 14.0 Å². The fourth-order valence-electron chi connectivity index (χ4n) is 1.07. The number of alkyl halides is 1. The van der Waals surface area contributed by atoms with Crippen LogP contribution in [-0.4, -0.2) is 17.9 Å². The molecule has 0 spiro atoms. The largest absolute Gasteiger partial charge is 0.298 e. The van der Waals surface area contributed by atoms with E-state index in [0.717, 1.165) is 12.1 Å². The van der Waals surface area contributed by atoms with E-state index in [0.29, 0.717) is 0 Å². The number of nitrogens with zero attached hydrogens (tertiary/aromatic N) is 1. The van der Waals surface area contributed by atoms with Crippen molar-refractivity contribution in [3.05, 3.63) is 34.6 Å². The lowest BCUT2D eigenvalue weighted by Crippen LogP contribution is -2.07. The number of ketones is 1. The van der Waals surface area contributed by atoms with Crippen LogP contribution in [0.3, 0.4) is 0 Å². The van der Waals surface area contributed by atoms with E-state index in [9.17, 15) is 14.0 Å². The topological polar surface area (TPSA) is 57.9 Å². The van der Waals surface area contributed by atoms with Gasteiger partial charge in [0.2, 0.25) is 0 Å². The molecule has 0 unspecified atom stereocenters. The fraction of sp³-hybridized carbons (Fsp3) is 0.100. The number of aldehydes is 1. The number of Topliss-reactive ketones (excluding diaryl/α,β-unsaturated/α-hetero) is 1. The van der Waals surface area contributed by atoms with E-state index in [2.05, 4.69) is 0 Å². The van der Waals surface area contributed by atoms with E-state index in [1.54, 1.807) is 6.07 Å². The number of hydrogen-bond acceptors (Lipinski definition) is 3. The Morgan fingerprint density at radius 3 is 2.73 bits per heavy atom. The van der Waals surface area contributed by atoms with Gasteiger partial charge in [-0.3, -0.25) is 9.59 Å². The molecule has 76 valence electrons. The van der Waals surface area contributed by atoms with Crippen LogP contribution in [0.5, 0.6) is 0 Å². The van der Waals surface area contributed by atoms with Gasteiger partial charge in [-0.05, 0) is 12.1 Å². The van der Waals surface area contributed by atoms with Gasteiger partial charge in [0.25, 0.3) is 0 Å². The first-order valence-corrected chi connectivity index (χ1v) is 4.45. The second-order valence-corrected chi connectivity index (χ2v) is 2.98. The molecular formula is C10H5ClFNO2. The van der Waals surface area contributed by atoms with Gasteiger partial charge in [0, 0.05) is 0 Å². The summed E-state index contributed by atoms with van der Waals surface area (Å²) in [5.41, 5.74) is -0.597. The molecule has 0 atom stereocenters. The molecule has 0 aliphatic carbocycles. The van der Waals surface area contributed by atoms with Crippen LogP contribution >= 0.6 is 11.6 Å². The number of rotatable bonds is 3. The number of hydrogen-bond donors (Lipinski definition) is 0. The summed E-state index contributed by atoms with van der Waals surface area (Å²) in [6.07, 6.45) is 0.251. The highest BCUT2D eigenvalue weighted by Gasteiger charge is 2.15. The minimum Gasteiger partial charge on any atom is -0.298 e. The summed E-state index contributed by atoms with van der Waals surface area (Å²) in [7, 11) is 0. The van der Waals surface area contributed by atoms with E-state index in [1.165, 1.54) is 0 Å². The first-order chi connectivity index (χ1) is 7.13. The van der Waals surface area contributed by atoms with Crippen LogP contribution in [0.4, 0.5) is 4.39 Å². The van der Waals surface area contributed by atoms with Crippen molar-refractivity contribution in [1.29, 1.82) is 5.26 Å². The number of benzene rings is 1. The number of nitriles is 1. The van der Waals surface area contributed by atoms with Gasteiger partial charge in [-0.1, -0.05) is 0 Å². The van der Waals surface area contributed by atoms with Crippen LogP contribution in [0.25, 0.3) is 0 Å². The van der Waals surface area contributed by atoms with Gasteiger partial charge in [0.1, 0.15) is 5.82 Å². The van der Waals surface area contributed by atoms with E-state index >= 15 is 0 Å². The third-order valence-electron chi connectivity index (χ3n) is 1.78. The summed E-state index contributed by atoms with van der Waals surface area (Å²) in [4.78, 5) is 21.6. The normalized spacial score (nSPS) is 9.40. The summed E-state index contributed by atoms with van der Waals surface area (Å²) in [5, 5.41) is 8.59. The SMILES string of the molecule is N#Cc1cc(C=O)c(F)c(C(=O)CCl)c1. The molecule has 0 N–H and O–H groups in total. The minimum atomic E-state index is -0.936. The Bertz CT molecular complexity index is 465. The summed E-state index contributed by atoms with van der Waals surface area (Å²) >= 11 is 5.26. The Hall–Kier alpha value is -1.73. The smallest absolute Gasteiger partial charge is 0.180 e. The zero-order valence-corrected chi connectivity index (χ0v) is 8.21. The minimum absolute atomic E-state index is 0.0481. The molecule has 1 aromatic rings. The molecule has 15 heavy (non-hydrogen) atoms. The van der Waals surface area contributed by atoms with Crippen molar-refractivity contribution in [1.82, 2.24) is 0 Å². The quantitative estimate of drug-likeness (QED) is 0.449. The molecule has 0 aliphatic heterocycles. The maximum Gasteiger partial charge on any atom is 0.180 e. The van der Waals surface area contributed by atoms with Crippen LogP contribution < -0.4 is 0 Å². The van der Waals surface area contributed by atoms with Gasteiger partial charge < -0.3 is 0 Å². The van der Waals surface area contributed by atoms with Gasteiger partial charge in [-0.25, -0.2) is 4.39 Å². The number of carbonyl (C=O) groups is 2. The third kappa shape index (κ3) is 2.20. The summed E-state index contributed by atoms with van der Waals surface area (Å²) in [6, 6.07) is 3.88. The van der Waals surface area contributed by atoms with E-state index in [1.807, 2.05) is 0 Å². The summed E-state index contributed by atoms with van der Waals surface area (Å²) in [5.74, 6) is -1.99. The third-order valence-corrected chi connectivity index (χ3v) is 2.02. The monoisotopic (exact) mass is 225 g/mol. The highest BCUT2D eigenvalue weighted by molar-refractivity contribution is 6.30. The van der Waals surface area contributed by atoms with Gasteiger partial charge >= 0.3 is 0 Å². The Balaban J connectivity index is 3.45. The second-order valence-electron chi connectivity index (χ2n) is 2.71. The Labute approximate surface area is 90.1 Å². The molecule has 0 saturated carbocycles. The Morgan fingerprint density at radius 2 is 2.27 bits per heavy atom. The van der Waals surface area contributed by atoms with Crippen molar-refractivity contribution in [3.8, 4) is 6.07 Å². The van der Waals surface area contributed by atoms with E-state index < -0.39 is 17.5 Å². The highest BCUT2D eigenvalue weighted by atomic mass is 35.5. The number of halogens is 2. The zero-order valence-electron chi connectivity index (χ0n) is 7.46. The molecule has 0 aromatic heterocycles. The molecule has 0 radical (unpaired) electrons. The standard InChI is InChI=1S/C10H5ClFNO2/c11-3-9(15)8-2-6(4-13)1-7(5-14)10(8)12/h1-2,5H,3H2. The van der Waals surface area contributed by atoms with Crippen LogP contribution in [0, 0.1) is 17.1 Å². The second kappa shape index (κ2) is 4.67. The van der Waals surface area contributed by atoms with Crippen LogP contribution in [0.15, 0.2) is 12.1 Å². The molecule has 0 fully saturated rings. The summed E-state index contributed by atoms with van der Waals surface area (Å²) in [6.45, 7) is 0. The van der Waals surface area contributed by atoms with Gasteiger partial charge in [-0.2, -0.15) is 5.26 Å². The van der Waals surface area contributed by atoms with Crippen LogP contribution in [-0.2, 0) is 0 Å². The van der Waals surface area contributed by atoms with E-state index in [4.69, 9.17) is 16.9 Å². The molecule has 0 aliphatic rings. The molecule has 1 aromatic carbocycles. The fourth-order valence-corrected chi connectivity index (χ4v) is 1.22. The van der Waals surface area contributed by atoms with Crippen molar-refractivity contribution in [3.63, 3.8) is 0 Å². The van der Waals surface area contributed by atoms with Crippen LogP contribution in [0.2, 0.25) is 0 Å². The molecule has 1 rings (SSSR count). The first-order valence-electron chi connectivity index (χ1n) is 3.92. The first kappa shape index (κ1) is 11.3. The molecule has 0 bridgehead atoms. The maximum absolute atomic E-state index is 13.4. The molecule has 3 nitrogen and oxygen atoms in total. The molecule has 0 saturated heterocycles. The van der Waals surface area contributed by atoms with E-state index in [-0.39, 0.29) is 23.0 Å². The zero-order chi connectivity index (χ0) is 11.4. The van der Waals surface area contributed by atoms with Gasteiger partial charge in [-0.15, -0.1) is 11.6 Å². The summed E-state index contributed by atoms with van der Waals surface area (Å²) < 4.78 is 13.4. The van der Waals surface area contributed by atoms with Crippen molar-refractivity contribution in [2.24, 2.45) is 0 Å². The number of carbonyl (C=O) groups excluding carboxylic acids is 2. The van der Waals surface area contributed by atoms with Crippen molar-refractivity contribution in [2.75, 3.05) is 5.88 Å². The predicted molar refractivity (Wildman–Crippen MR) is 51.6 cm³/mol. The lowest BCUT2D eigenvalue weighted by atomic mass is 10.0. The lowest BCUT2D eigenvalue weighted by molar-refractivity contribution is 0.101. The highest BCUT2D eigenvalue weighted by Crippen LogP contribution is 2.15. The average molecular weight is 226 g/mol. The average Bonchev–Trinajstić information content (AvgIpc) is 2.28. The Morgan fingerprint density at radius 1 is 1.60 bits per heavy atom. The Kier molecular flexibility index (Phi) is 3.53. The van der Waals surface area contributed by atoms with Crippen LogP contribution in [0.1, 0.15) is 26.3 Å². The van der Waals surface area contributed by atoms with Gasteiger partial charge in [0.05, 0.1) is 28.6 Å². The van der Waals surface area contributed by atoms with Crippen molar-refractivity contribution >= 4 is 23.7 Å². The molecular weight excluding hydrogens is 221 g/mol. The van der Waals surface area contributed by atoms with Crippen molar-refractivity contribution in [2.45, 2.75) is 0 Å². The predicted octanol–water partition coefficient (Wildman–Crippen LogP) is 1.93. The van der Waals surface area contributed by atoms with Gasteiger partial charge in [0.15, 0.2) is 12.1 Å². The molecule has 0 heterocycles. The maximum atomic E-state index is 13.4.